The summed E-state index contributed by atoms with van der Waals surface area (Å²) in [4.78, 5) is 0. The van der Waals surface area contributed by atoms with Crippen molar-refractivity contribution in [2.24, 2.45) is 0 Å². The van der Waals surface area contributed by atoms with Gasteiger partial charge in [-0.1, -0.05) is 0 Å². The fourth-order valence-electron chi connectivity index (χ4n) is 0.741. The SMILES string of the molecule is OB(O)[c-]1cccc1.[Fe].[c-]1[c-][c-][cH-][c-]1. The van der Waals surface area contributed by atoms with E-state index in [0.29, 0.717) is 5.46 Å². The number of hydrogen-bond donors (Lipinski definition) is 2. The summed E-state index contributed by atoms with van der Waals surface area (Å²) in [5, 5.41) is 16.9. The van der Waals surface area contributed by atoms with Gasteiger partial charge in [-0.15, -0.1) is 5.46 Å². The van der Waals surface area contributed by atoms with Crippen molar-refractivity contribution < 1.29 is 27.1 Å². The van der Waals surface area contributed by atoms with E-state index in [-0.39, 0.29) is 17.1 Å². The van der Waals surface area contributed by atoms with Crippen LogP contribution in [0.4, 0.5) is 0 Å². The zero-order chi connectivity index (χ0) is 9.52. The van der Waals surface area contributed by atoms with Gasteiger partial charge in [-0.2, -0.15) is 12.1 Å². The Hall–Kier alpha value is -0.796. The largest absolute Gasteiger partial charge is 0.999 e. The number of hydrogen-bond acceptors (Lipinski definition) is 2. The molecule has 0 aliphatic rings. The first-order valence-corrected chi connectivity index (χ1v) is 3.71. The molecule has 0 spiro atoms. The Bertz CT molecular complexity index is 273. The Labute approximate surface area is 94.6 Å². The molecule has 4 heteroatoms. The third kappa shape index (κ3) is 5.05. The molecule has 2 rings (SSSR count). The maximum Gasteiger partial charge on any atom is 0.412 e. The summed E-state index contributed by atoms with van der Waals surface area (Å²) in [6, 6.07) is 18.8. The van der Waals surface area contributed by atoms with E-state index in [1.54, 1.807) is 30.3 Å². The van der Waals surface area contributed by atoms with Crippen molar-refractivity contribution in [3.8, 4) is 0 Å². The van der Waals surface area contributed by atoms with E-state index in [2.05, 4.69) is 24.3 Å². The van der Waals surface area contributed by atoms with Crippen LogP contribution in [0, 0.1) is 24.3 Å². The topological polar surface area (TPSA) is 40.5 Å². The van der Waals surface area contributed by atoms with Crippen LogP contribution in [0.5, 0.6) is 0 Å². The predicted octanol–water partition coefficient (Wildman–Crippen LogP) is -0.311. The minimum atomic E-state index is -1.31. The van der Waals surface area contributed by atoms with Gasteiger partial charge in [0.05, 0.1) is 0 Å². The summed E-state index contributed by atoms with van der Waals surface area (Å²) in [5.41, 5.74) is 0.546. The molecule has 2 nitrogen and oxygen atoms in total. The van der Waals surface area contributed by atoms with Gasteiger partial charge in [-0.25, -0.2) is 12.1 Å². The van der Waals surface area contributed by atoms with Gasteiger partial charge < -0.3 is 40.4 Å². The van der Waals surface area contributed by atoms with Crippen LogP contribution in [-0.4, -0.2) is 17.2 Å². The van der Waals surface area contributed by atoms with Crippen molar-refractivity contribution >= 4 is 12.6 Å². The Morgan fingerprint density at radius 1 is 1.07 bits per heavy atom. The summed E-state index contributed by atoms with van der Waals surface area (Å²) in [6.07, 6.45) is 0. The molecule has 0 unspecified atom stereocenters. The van der Waals surface area contributed by atoms with E-state index in [4.69, 9.17) is 10.0 Å². The van der Waals surface area contributed by atoms with E-state index in [9.17, 15) is 0 Å². The van der Waals surface area contributed by atoms with Crippen molar-refractivity contribution in [1.82, 2.24) is 0 Å². The van der Waals surface area contributed by atoms with Crippen LogP contribution in [0.15, 0.2) is 30.3 Å². The molecule has 76 valence electrons. The van der Waals surface area contributed by atoms with Crippen molar-refractivity contribution in [2.45, 2.75) is 0 Å². The zero-order valence-corrected chi connectivity index (χ0v) is 8.32. The van der Waals surface area contributed by atoms with Crippen LogP contribution in [0.25, 0.3) is 0 Å². The Morgan fingerprint density at radius 2 is 1.57 bits per heavy atom. The maximum atomic E-state index is 8.47. The third-order valence-corrected chi connectivity index (χ3v) is 1.34. The third-order valence-electron chi connectivity index (χ3n) is 1.34. The summed E-state index contributed by atoms with van der Waals surface area (Å²) in [5.74, 6) is 0. The average Bonchev–Trinajstić information content (AvgIpc) is 2.82. The Morgan fingerprint density at radius 3 is 1.79 bits per heavy atom. The van der Waals surface area contributed by atoms with Gasteiger partial charge in [0, 0.05) is 17.1 Å². The molecule has 14 heavy (non-hydrogen) atoms. The second-order valence-corrected chi connectivity index (χ2v) is 2.27. The average molecular weight is 226 g/mol. The van der Waals surface area contributed by atoms with Gasteiger partial charge in [0.15, 0.2) is 0 Å². The van der Waals surface area contributed by atoms with Crippen molar-refractivity contribution in [2.75, 3.05) is 0 Å². The molecule has 0 saturated carbocycles. The summed E-state index contributed by atoms with van der Waals surface area (Å²) in [7, 11) is -1.31. The van der Waals surface area contributed by atoms with Crippen molar-refractivity contribution in [3.05, 3.63) is 54.6 Å². The summed E-state index contributed by atoms with van der Waals surface area (Å²) in [6.45, 7) is 0. The molecule has 2 aromatic carbocycles. The normalized spacial score (nSPS) is 8.14. The zero-order valence-electron chi connectivity index (χ0n) is 7.21. The van der Waals surface area contributed by atoms with Crippen molar-refractivity contribution in [3.63, 3.8) is 0 Å². The van der Waals surface area contributed by atoms with Gasteiger partial charge in [0.2, 0.25) is 0 Å². The van der Waals surface area contributed by atoms with Gasteiger partial charge >= 0.3 is 7.12 Å². The molecule has 0 aromatic heterocycles. The number of rotatable bonds is 1. The summed E-state index contributed by atoms with van der Waals surface area (Å²) < 4.78 is 0. The molecular formula is C10H7BFeO2-6. The van der Waals surface area contributed by atoms with Gasteiger partial charge in [-0.05, 0) is 0 Å². The first-order valence-electron chi connectivity index (χ1n) is 3.71. The second kappa shape index (κ2) is 7.59. The maximum absolute atomic E-state index is 8.47. The Kier molecular flexibility index (Phi) is 7.16. The van der Waals surface area contributed by atoms with Crippen molar-refractivity contribution in [1.29, 1.82) is 0 Å². The van der Waals surface area contributed by atoms with E-state index < -0.39 is 7.12 Å². The van der Waals surface area contributed by atoms with E-state index in [0.717, 1.165) is 0 Å². The molecule has 2 N–H and O–H groups in total. The first-order chi connectivity index (χ1) is 6.30. The predicted molar refractivity (Wildman–Crippen MR) is 49.2 cm³/mol. The quantitative estimate of drug-likeness (QED) is 0.517. The molecule has 0 aliphatic heterocycles. The van der Waals surface area contributed by atoms with Crippen LogP contribution >= 0.6 is 0 Å². The smallest absolute Gasteiger partial charge is 0.412 e. The fraction of sp³-hybridized carbons (Fsp3) is 0. The molecule has 0 amide bonds. The molecule has 0 atom stereocenters. The van der Waals surface area contributed by atoms with Crippen LogP contribution in [0.2, 0.25) is 0 Å². The van der Waals surface area contributed by atoms with Crippen LogP contribution < -0.4 is 5.46 Å². The minimum absolute atomic E-state index is 0. The first kappa shape index (κ1) is 13.2. The van der Waals surface area contributed by atoms with Crippen LogP contribution in [0.1, 0.15) is 0 Å². The van der Waals surface area contributed by atoms with Gasteiger partial charge in [0.25, 0.3) is 0 Å². The molecular weight excluding hydrogens is 219 g/mol. The summed E-state index contributed by atoms with van der Waals surface area (Å²) >= 11 is 0. The van der Waals surface area contributed by atoms with E-state index >= 15 is 0 Å². The fourth-order valence-corrected chi connectivity index (χ4v) is 0.741. The minimum Gasteiger partial charge on any atom is -0.999 e. The Balaban J connectivity index is 0.000000246. The van der Waals surface area contributed by atoms with Crippen LogP contribution in [-0.2, 0) is 17.1 Å². The standard InChI is InChI=1S/C5H6BO2.C5H.Fe/c7-6(8)5-3-1-2-4-5;1-2-4-5-3-1;/h1-4,7-8H;1H;/q-1;-5;. The molecule has 0 bridgehead atoms. The van der Waals surface area contributed by atoms with E-state index in [1.807, 2.05) is 0 Å². The second-order valence-electron chi connectivity index (χ2n) is 2.27. The molecule has 2 aromatic rings. The molecule has 0 aliphatic carbocycles. The molecule has 0 radical (unpaired) electrons. The van der Waals surface area contributed by atoms with Gasteiger partial charge in [0.1, 0.15) is 0 Å². The molecule has 0 fully saturated rings. The monoisotopic (exact) mass is 226 g/mol. The molecule has 0 saturated heterocycles. The van der Waals surface area contributed by atoms with Crippen LogP contribution in [0.3, 0.4) is 0 Å². The van der Waals surface area contributed by atoms with E-state index in [1.165, 1.54) is 0 Å². The van der Waals surface area contributed by atoms with Gasteiger partial charge in [-0.3, -0.25) is 0 Å². The molecule has 0 heterocycles.